The Labute approximate surface area is 127 Å². The summed E-state index contributed by atoms with van der Waals surface area (Å²) in [5.74, 6) is 0.295. The van der Waals surface area contributed by atoms with E-state index in [0.29, 0.717) is 38.0 Å². The summed E-state index contributed by atoms with van der Waals surface area (Å²) in [6.45, 7) is 0.940. The number of hydrogen-bond acceptors (Lipinski definition) is 5. The number of nitrogens with two attached hydrogens (primary N) is 1. The lowest BCUT2D eigenvalue weighted by molar-refractivity contribution is 0.0573. The van der Waals surface area contributed by atoms with E-state index in [9.17, 15) is 9.90 Å². The number of aliphatic hydroxyl groups is 1. The highest BCUT2D eigenvalue weighted by atomic mass is 16.4. The highest BCUT2D eigenvalue weighted by molar-refractivity contribution is 5.64. The number of pyridine rings is 1. The number of rotatable bonds is 3. The van der Waals surface area contributed by atoms with Crippen molar-refractivity contribution in [2.45, 2.75) is 25.4 Å². The van der Waals surface area contributed by atoms with Crippen molar-refractivity contribution in [2.24, 2.45) is 5.92 Å². The van der Waals surface area contributed by atoms with Gasteiger partial charge in [0.15, 0.2) is 5.65 Å². The molecule has 2 aromatic heterocycles. The number of aromatic nitrogens is 3. The van der Waals surface area contributed by atoms with Crippen LogP contribution in [0.3, 0.4) is 0 Å². The lowest BCUT2D eigenvalue weighted by Crippen LogP contribution is -2.41. The van der Waals surface area contributed by atoms with Gasteiger partial charge in [0, 0.05) is 25.2 Å². The molecule has 1 unspecified atom stereocenters. The third-order valence-corrected chi connectivity index (χ3v) is 4.23. The summed E-state index contributed by atoms with van der Waals surface area (Å²) in [5.41, 5.74) is 7.11. The zero-order valence-corrected chi connectivity index (χ0v) is 12.1. The molecule has 0 aromatic carbocycles. The molecule has 0 saturated carbocycles. The molecule has 118 valence electrons. The third-order valence-electron chi connectivity index (χ3n) is 4.23. The van der Waals surface area contributed by atoms with Crippen LogP contribution in [0.5, 0.6) is 0 Å². The van der Waals surface area contributed by atoms with Gasteiger partial charge in [-0.3, -0.25) is 0 Å². The molecule has 0 radical (unpaired) electrons. The predicted molar refractivity (Wildman–Crippen MR) is 79.4 cm³/mol. The van der Waals surface area contributed by atoms with Gasteiger partial charge in [-0.25, -0.2) is 9.31 Å². The molecule has 2 aromatic rings. The van der Waals surface area contributed by atoms with Gasteiger partial charge in [-0.05, 0) is 30.9 Å². The van der Waals surface area contributed by atoms with Crippen molar-refractivity contribution in [3.8, 4) is 0 Å². The number of anilines is 1. The van der Waals surface area contributed by atoms with Gasteiger partial charge >= 0.3 is 6.09 Å². The van der Waals surface area contributed by atoms with Crippen molar-refractivity contribution in [1.29, 1.82) is 0 Å². The second-order valence-corrected chi connectivity index (χ2v) is 5.64. The molecule has 1 aliphatic heterocycles. The summed E-state index contributed by atoms with van der Waals surface area (Å²) in [5, 5.41) is 23.5. The summed E-state index contributed by atoms with van der Waals surface area (Å²) in [6, 6.07) is 5.56. The first kappa shape index (κ1) is 14.6. The number of hydrogen-bond donors (Lipinski definition) is 3. The van der Waals surface area contributed by atoms with Crippen LogP contribution in [0.4, 0.5) is 10.7 Å². The summed E-state index contributed by atoms with van der Waals surface area (Å²) in [7, 11) is 0. The third kappa shape index (κ3) is 2.82. The van der Waals surface area contributed by atoms with Crippen LogP contribution in [0.25, 0.3) is 5.65 Å². The largest absolute Gasteiger partial charge is 0.465 e. The number of carboxylic acid groups (broad SMARTS) is 1. The number of amides is 1. The molecule has 3 rings (SSSR count). The molecular formula is C14H19N5O3. The average molecular weight is 305 g/mol. The zero-order valence-electron chi connectivity index (χ0n) is 12.1. The van der Waals surface area contributed by atoms with E-state index >= 15 is 0 Å². The van der Waals surface area contributed by atoms with E-state index in [4.69, 9.17) is 10.8 Å². The normalized spacial score (nSPS) is 17.8. The Balaban J connectivity index is 1.69. The van der Waals surface area contributed by atoms with Gasteiger partial charge in [-0.2, -0.15) is 4.98 Å². The first-order valence-electron chi connectivity index (χ1n) is 7.30. The Bertz CT molecular complexity index is 678. The molecule has 0 spiro atoms. The summed E-state index contributed by atoms with van der Waals surface area (Å²) in [6.07, 6.45) is 0.354. The standard InChI is InChI=1S/C14H19N5O3/c15-13-16-12-3-1-2-10(19(12)17-13)8-11(20)9-4-6-18(7-5-9)14(21)22/h1-3,9,11,20H,4-8H2,(H2,15,17)(H,21,22). The first-order chi connectivity index (χ1) is 10.5. The highest BCUT2D eigenvalue weighted by Gasteiger charge is 2.27. The number of fused-ring (bicyclic) bond motifs is 1. The maximum atomic E-state index is 10.9. The van der Waals surface area contributed by atoms with E-state index in [1.807, 2.05) is 18.2 Å². The summed E-state index contributed by atoms with van der Waals surface area (Å²) < 4.78 is 1.64. The topological polar surface area (TPSA) is 117 Å². The highest BCUT2D eigenvalue weighted by Crippen LogP contribution is 2.23. The fraction of sp³-hybridized carbons (Fsp3) is 0.500. The van der Waals surface area contributed by atoms with Gasteiger partial charge in [0.25, 0.3) is 0 Å². The number of nitrogens with zero attached hydrogens (tertiary/aromatic N) is 4. The van der Waals surface area contributed by atoms with Crippen LogP contribution in [-0.4, -0.2) is 55.0 Å². The molecule has 1 amide bonds. The van der Waals surface area contributed by atoms with Crippen LogP contribution in [0.15, 0.2) is 18.2 Å². The predicted octanol–water partition coefficient (Wildman–Crippen LogP) is 0.605. The molecule has 1 atom stereocenters. The lowest BCUT2D eigenvalue weighted by Gasteiger charge is -2.32. The number of carbonyl (C=O) groups is 1. The van der Waals surface area contributed by atoms with Crippen molar-refractivity contribution in [3.63, 3.8) is 0 Å². The number of likely N-dealkylation sites (tertiary alicyclic amines) is 1. The lowest BCUT2D eigenvalue weighted by atomic mass is 9.89. The van der Waals surface area contributed by atoms with Crippen LogP contribution in [0, 0.1) is 5.92 Å². The van der Waals surface area contributed by atoms with Gasteiger partial charge in [-0.15, -0.1) is 5.10 Å². The van der Waals surface area contributed by atoms with Crippen molar-refractivity contribution in [3.05, 3.63) is 23.9 Å². The molecule has 0 aliphatic carbocycles. The molecule has 1 saturated heterocycles. The van der Waals surface area contributed by atoms with Crippen molar-refractivity contribution < 1.29 is 15.0 Å². The van der Waals surface area contributed by atoms with E-state index in [2.05, 4.69) is 10.1 Å². The van der Waals surface area contributed by atoms with E-state index in [1.54, 1.807) is 4.52 Å². The Morgan fingerprint density at radius 1 is 1.41 bits per heavy atom. The van der Waals surface area contributed by atoms with E-state index in [-0.39, 0.29) is 11.9 Å². The average Bonchev–Trinajstić information content (AvgIpc) is 2.88. The van der Waals surface area contributed by atoms with E-state index in [1.165, 1.54) is 4.90 Å². The number of nitrogen functional groups attached to an aromatic ring is 1. The Morgan fingerprint density at radius 2 is 2.14 bits per heavy atom. The monoisotopic (exact) mass is 305 g/mol. The summed E-state index contributed by atoms with van der Waals surface area (Å²) in [4.78, 5) is 16.4. The van der Waals surface area contributed by atoms with Crippen LogP contribution < -0.4 is 5.73 Å². The van der Waals surface area contributed by atoms with Gasteiger partial charge in [0.1, 0.15) is 0 Å². The number of piperidine rings is 1. The van der Waals surface area contributed by atoms with Crippen LogP contribution in [0.2, 0.25) is 0 Å². The van der Waals surface area contributed by atoms with Crippen LogP contribution in [-0.2, 0) is 6.42 Å². The molecular weight excluding hydrogens is 286 g/mol. The zero-order chi connectivity index (χ0) is 15.7. The van der Waals surface area contributed by atoms with Gasteiger partial charge in [-0.1, -0.05) is 6.07 Å². The van der Waals surface area contributed by atoms with Gasteiger partial charge < -0.3 is 20.8 Å². The number of aliphatic hydroxyl groups excluding tert-OH is 1. The van der Waals surface area contributed by atoms with Crippen LogP contribution in [0.1, 0.15) is 18.5 Å². The molecule has 4 N–H and O–H groups in total. The second kappa shape index (κ2) is 5.80. The molecule has 8 nitrogen and oxygen atoms in total. The van der Waals surface area contributed by atoms with Crippen molar-refractivity contribution in [1.82, 2.24) is 19.5 Å². The Morgan fingerprint density at radius 3 is 2.82 bits per heavy atom. The SMILES string of the molecule is Nc1nc2cccc(CC(O)C3CCN(C(=O)O)CC3)n2n1. The maximum absolute atomic E-state index is 10.9. The smallest absolute Gasteiger partial charge is 0.407 e. The Hall–Kier alpha value is -2.35. The van der Waals surface area contributed by atoms with Crippen LogP contribution >= 0.6 is 0 Å². The van der Waals surface area contributed by atoms with Crippen molar-refractivity contribution in [2.75, 3.05) is 18.8 Å². The molecule has 1 fully saturated rings. The second-order valence-electron chi connectivity index (χ2n) is 5.64. The molecule has 3 heterocycles. The Kier molecular flexibility index (Phi) is 3.84. The minimum absolute atomic E-state index is 0.0896. The first-order valence-corrected chi connectivity index (χ1v) is 7.30. The minimum Gasteiger partial charge on any atom is -0.465 e. The maximum Gasteiger partial charge on any atom is 0.407 e. The molecule has 22 heavy (non-hydrogen) atoms. The fourth-order valence-electron chi connectivity index (χ4n) is 2.99. The van der Waals surface area contributed by atoms with Crippen molar-refractivity contribution >= 4 is 17.7 Å². The van der Waals surface area contributed by atoms with Gasteiger partial charge in [0.05, 0.1) is 6.10 Å². The molecule has 0 bridgehead atoms. The molecule has 8 heteroatoms. The molecule has 1 aliphatic rings. The van der Waals surface area contributed by atoms with E-state index < -0.39 is 12.2 Å². The summed E-state index contributed by atoms with van der Waals surface area (Å²) >= 11 is 0. The fourth-order valence-corrected chi connectivity index (χ4v) is 2.99. The van der Waals surface area contributed by atoms with Gasteiger partial charge in [0.2, 0.25) is 5.95 Å². The quantitative estimate of drug-likeness (QED) is 0.764. The van der Waals surface area contributed by atoms with E-state index in [0.717, 1.165) is 5.69 Å². The minimum atomic E-state index is -0.893.